The first kappa shape index (κ1) is 19.3. The second-order valence-electron chi connectivity index (χ2n) is 6.90. The second-order valence-corrected chi connectivity index (χ2v) is 8.02. The van der Waals surface area contributed by atoms with Gasteiger partial charge in [-0.2, -0.15) is 0 Å². The van der Waals surface area contributed by atoms with Gasteiger partial charge in [0.15, 0.2) is 12.4 Å². The van der Waals surface area contributed by atoms with Gasteiger partial charge in [0.05, 0.1) is 23.9 Å². The Morgan fingerprint density at radius 2 is 2.07 bits per heavy atom. The fourth-order valence-electron chi connectivity index (χ4n) is 3.39. The number of ketones is 1. The fraction of sp³-hybridized carbons (Fsp3) is 0.333. The number of Topliss-reactive ketones (excluding diaryl/α,β-unsaturated/α-hetero) is 1. The normalized spacial score (nSPS) is 13.4. The van der Waals surface area contributed by atoms with Gasteiger partial charge < -0.3 is 9.64 Å². The third-order valence-corrected chi connectivity index (χ3v) is 6.09. The minimum Gasteiger partial charge on any atom is -0.482 e. The molecule has 8 heteroatoms. The van der Waals surface area contributed by atoms with E-state index in [2.05, 4.69) is 4.98 Å². The van der Waals surface area contributed by atoms with Crippen LogP contribution in [-0.4, -0.2) is 34.4 Å². The zero-order valence-corrected chi connectivity index (χ0v) is 17.1. The number of benzene rings is 1. The molecule has 3 heterocycles. The molecule has 0 unspecified atom stereocenters. The Morgan fingerprint density at radius 3 is 2.83 bits per heavy atom. The highest BCUT2D eigenvalue weighted by atomic mass is 32.1. The first-order valence-corrected chi connectivity index (χ1v) is 10.4. The number of ether oxygens (including phenoxy) is 1. The van der Waals surface area contributed by atoms with Crippen LogP contribution in [0.1, 0.15) is 35.5 Å². The Morgan fingerprint density at radius 1 is 1.24 bits per heavy atom. The van der Waals surface area contributed by atoms with E-state index in [1.165, 1.54) is 22.2 Å². The van der Waals surface area contributed by atoms with Gasteiger partial charge >= 0.3 is 0 Å². The van der Waals surface area contributed by atoms with Crippen molar-refractivity contribution in [2.75, 3.05) is 18.1 Å². The average Bonchev–Trinajstić information content (AvgIpc) is 3.16. The van der Waals surface area contributed by atoms with E-state index in [1.54, 1.807) is 23.1 Å². The largest absolute Gasteiger partial charge is 0.482 e. The Balaban J connectivity index is 1.64. The van der Waals surface area contributed by atoms with Crippen LogP contribution in [0, 0.1) is 0 Å². The zero-order valence-electron chi connectivity index (χ0n) is 16.3. The van der Waals surface area contributed by atoms with Gasteiger partial charge in [-0.3, -0.25) is 19.0 Å². The van der Waals surface area contributed by atoms with Gasteiger partial charge in [0.2, 0.25) is 0 Å². The van der Waals surface area contributed by atoms with Gasteiger partial charge in [-0.05, 0) is 37.1 Å². The Hall–Kier alpha value is -3.00. The highest BCUT2D eigenvalue weighted by molar-refractivity contribution is 7.18. The Bertz CT molecular complexity index is 1160. The molecule has 1 aliphatic heterocycles. The molecule has 4 rings (SSSR count). The summed E-state index contributed by atoms with van der Waals surface area (Å²) in [6, 6.07) is 6.88. The molecule has 0 bridgehead atoms. The van der Waals surface area contributed by atoms with Crippen LogP contribution in [0.2, 0.25) is 0 Å². The van der Waals surface area contributed by atoms with Crippen LogP contribution in [0.3, 0.4) is 0 Å². The van der Waals surface area contributed by atoms with E-state index in [0.717, 1.165) is 17.7 Å². The van der Waals surface area contributed by atoms with Crippen LogP contribution in [-0.2, 0) is 17.8 Å². The Kier molecular flexibility index (Phi) is 5.19. The minimum absolute atomic E-state index is 0.00175. The van der Waals surface area contributed by atoms with Crippen LogP contribution < -0.4 is 15.2 Å². The molecule has 0 spiro atoms. The average molecular weight is 411 g/mol. The molecule has 0 aliphatic carbocycles. The highest BCUT2D eigenvalue weighted by Crippen LogP contribution is 2.33. The molecular weight excluding hydrogens is 390 g/mol. The van der Waals surface area contributed by atoms with Crippen molar-refractivity contribution < 1.29 is 14.3 Å². The van der Waals surface area contributed by atoms with Crippen LogP contribution in [0.15, 0.2) is 35.4 Å². The van der Waals surface area contributed by atoms with E-state index in [1.807, 2.05) is 19.9 Å². The summed E-state index contributed by atoms with van der Waals surface area (Å²) in [4.78, 5) is 45.5. The number of thiophene rings is 1. The van der Waals surface area contributed by atoms with E-state index in [0.29, 0.717) is 33.8 Å². The van der Waals surface area contributed by atoms with Crippen molar-refractivity contribution in [3.05, 3.63) is 51.4 Å². The third-order valence-electron chi connectivity index (χ3n) is 4.90. The molecule has 0 N–H and O–H groups in total. The van der Waals surface area contributed by atoms with Crippen molar-refractivity contribution in [1.29, 1.82) is 0 Å². The van der Waals surface area contributed by atoms with Crippen LogP contribution in [0.4, 0.5) is 5.69 Å². The quantitative estimate of drug-likeness (QED) is 0.583. The number of rotatable bonds is 6. The lowest BCUT2D eigenvalue weighted by atomic mass is 10.1. The predicted octanol–water partition coefficient (Wildman–Crippen LogP) is 3.04. The molecule has 1 aromatic carbocycles. The summed E-state index contributed by atoms with van der Waals surface area (Å²) >= 11 is 1.50. The van der Waals surface area contributed by atoms with E-state index in [-0.39, 0.29) is 30.4 Å². The topological polar surface area (TPSA) is 81.5 Å². The number of amides is 1. The van der Waals surface area contributed by atoms with E-state index < -0.39 is 0 Å². The van der Waals surface area contributed by atoms with Crippen molar-refractivity contribution in [2.45, 2.75) is 33.2 Å². The van der Waals surface area contributed by atoms with Crippen LogP contribution in [0.25, 0.3) is 10.2 Å². The van der Waals surface area contributed by atoms with Crippen molar-refractivity contribution in [1.82, 2.24) is 9.55 Å². The maximum atomic E-state index is 12.9. The molecule has 29 heavy (non-hydrogen) atoms. The molecule has 0 radical (unpaired) electrons. The van der Waals surface area contributed by atoms with Gasteiger partial charge in [-0.15, -0.1) is 11.3 Å². The van der Waals surface area contributed by atoms with Gasteiger partial charge in [-0.1, -0.05) is 13.8 Å². The molecular formula is C21H21N3O4S. The second kappa shape index (κ2) is 7.79. The number of aromatic nitrogens is 2. The first-order chi connectivity index (χ1) is 14.0. The fourth-order valence-corrected chi connectivity index (χ4v) is 4.31. The minimum atomic E-state index is -0.225. The molecule has 0 saturated heterocycles. The van der Waals surface area contributed by atoms with E-state index >= 15 is 0 Å². The van der Waals surface area contributed by atoms with Crippen molar-refractivity contribution >= 4 is 38.9 Å². The maximum absolute atomic E-state index is 12.9. The number of hydrogen-bond acceptors (Lipinski definition) is 6. The standard InChI is InChI=1S/C21H21N3O4S/c1-3-7-24-16-8-13(5-6-18(16)28-11-19(24)26)17(25)10-23-12-22-20-15(21(23)27)9-14(4-2)29-20/h5-6,8-9,12H,3-4,7,10-11H2,1-2H3. The smallest absolute Gasteiger partial charge is 0.265 e. The third kappa shape index (κ3) is 3.55. The molecule has 0 saturated carbocycles. The number of nitrogens with zero attached hydrogens (tertiary/aromatic N) is 3. The molecule has 2 aromatic heterocycles. The number of carbonyl (C=O) groups is 2. The monoisotopic (exact) mass is 411 g/mol. The number of fused-ring (bicyclic) bond motifs is 2. The van der Waals surface area contributed by atoms with Gasteiger partial charge in [0.25, 0.3) is 11.5 Å². The first-order valence-electron chi connectivity index (χ1n) is 9.60. The lowest BCUT2D eigenvalue weighted by Gasteiger charge is -2.29. The zero-order chi connectivity index (χ0) is 20.5. The van der Waals surface area contributed by atoms with E-state index in [4.69, 9.17) is 4.74 Å². The van der Waals surface area contributed by atoms with Crippen molar-refractivity contribution in [2.24, 2.45) is 0 Å². The molecule has 3 aromatic rings. The highest BCUT2D eigenvalue weighted by Gasteiger charge is 2.26. The van der Waals surface area contributed by atoms with Crippen molar-refractivity contribution in [3.8, 4) is 5.75 Å². The molecule has 1 aliphatic rings. The van der Waals surface area contributed by atoms with Gasteiger partial charge in [0.1, 0.15) is 10.6 Å². The summed E-state index contributed by atoms with van der Waals surface area (Å²) in [5.41, 5.74) is 0.804. The number of aryl methyl sites for hydroxylation is 1. The molecule has 0 atom stereocenters. The summed E-state index contributed by atoms with van der Waals surface area (Å²) in [5.74, 6) is 0.232. The number of anilines is 1. The summed E-state index contributed by atoms with van der Waals surface area (Å²) < 4.78 is 6.81. The summed E-state index contributed by atoms with van der Waals surface area (Å²) in [5, 5.41) is 0.542. The van der Waals surface area contributed by atoms with Crippen LogP contribution in [0.5, 0.6) is 5.75 Å². The maximum Gasteiger partial charge on any atom is 0.265 e. The summed E-state index contributed by atoms with van der Waals surface area (Å²) in [6.45, 7) is 4.47. The number of hydrogen-bond donors (Lipinski definition) is 0. The Labute approximate surface area is 171 Å². The van der Waals surface area contributed by atoms with Crippen LogP contribution >= 0.6 is 11.3 Å². The summed E-state index contributed by atoms with van der Waals surface area (Å²) in [6.07, 6.45) is 3.06. The molecule has 150 valence electrons. The molecule has 7 nitrogen and oxygen atoms in total. The van der Waals surface area contributed by atoms with Crippen molar-refractivity contribution in [3.63, 3.8) is 0 Å². The SMILES string of the molecule is CCCN1C(=O)COc2ccc(C(=O)Cn3cnc4sc(CC)cc4c3=O)cc21. The summed E-state index contributed by atoms with van der Waals surface area (Å²) in [7, 11) is 0. The lowest BCUT2D eigenvalue weighted by Crippen LogP contribution is -2.39. The molecule has 0 fully saturated rings. The number of carbonyl (C=O) groups excluding carboxylic acids is 2. The lowest BCUT2D eigenvalue weighted by molar-refractivity contribution is -0.121. The van der Waals surface area contributed by atoms with Gasteiger partial charge in [0, 0.05) is 17.0 Å². The molecule has 1 amide bonds. The predicted molar refractivity (Wildman–Crippen MR) is 112 cm³/mol. The van der Waals surface area contributed by atoms with Gasteiger partial charge in [-0.25, -0.2) is 4.98 Å². The van der Waals surface area contributed by atoms with E-state index in [9.17, 15) is 14.4 Å².